The first-order valence-corrected chi connectivity index (χ1v) is 6.73. The van der Waals surface area contributed by atoms with Crippen molar-refractivity contribution in [2.24, 2.45) is 0 Å². The number of piperidine rings is 1. The van der Waals surface area contributed by atoms with Gasteiger partial charge in [0.1, 0.15) is 5.78 Å². The summed E-state index contributed by atoms with van der Waals surface area (Å²) in [5, 5.41) is 0. The third-order valence-electron chi connectivity index (χ3n) is 2.92. The summed E-state index contributed by atoms with van der Waals surface area (Å²) in [5.41, 5.74) is 0. The molecule has 1 fully saturated rings. The maximum atomic E-state index is 13.4. The van der Waals surface area contributed by atoms with Crippen LogP contribution >= 0.6 is 15.9 Å². The molecular formula is C13H13BrFNO3. The van der Waals surface area contributed by atoms with Crippen molar-refractivity contribution in [3.63, 3.8) is 0 Å². The van der Waals surface area contributed by atoms with Crippen LogP contribution in [-0.4, -0.2) is 36.3 Å². The third-order valence-corrected chi connectivity index (χ3v) is 3.41. The van der Waals surface area contributed by atoms with Gasteiger partial charge in [-0.05, 0) is 18.2 Å². The number of nitrogens with zero attached hydrogens (tertiary/aromatic N) is 1. The van der Waals surface area contributed by atoms with Crippen LogP contribution in [0.25, 0.3) is 0 Å². The minimum atomic E-state index is -0.509. The average molecular weight is 330 g/mol. The summed E-state index contributed by atoms with van der Waals surface area (Å²) in [6.45, 7) is 0.617. The Bertz CT molecular complexity index is 497. The Morgan fingerprint density at radius 1 is 1.37 bits per heavy atom. The SMILES string of the molecule is O=C1CCN(C(=O)COc2cc(Br)ccc2F)CC1. The van der Waals surface area contributed by atoms with Crippen molar-refractivity contribution in [1.82, 2.24) is 4.90 Å². The van der Waals surface area contributed by atoms with Crippen molar-refractivity contribution < 1.29 is 18.7 Å². The van der Waals surface area contributed by atoms with E-state index in [-0.39, 0.29) is 24.0 Å². The third kappa shape index (κ3) is 3.76. The van der Waals surface area contributed by atoms with Crippen LogP contribution < -0.4 is 4.74 Å². The van der Waals surface area contributed by atoms with Crippen LogP contribution in [0.2, 0.25) is 0 Å². The molecule has 1 amide bonds. The Kier molecular flexibility index (Phi) is 4.52. The topological polar surface area (TPSA) is 46.6 Å². The van der Waals surface area contributed by atoms with Crippen LogP contribution in [0.3, 0.4) is 0 Å². The number of ether oxygens (including phenoxy) is 1. The van der Waals surface area contributed by atoms with Crippen LogP contribution in [0.5, 0.6) is 5.75 Å². The monoisotopic (exact) mass is 329 g/mol. The van der Waals surface area contributed by atoms with Crippen LogP contribution in [0.1, 0.15) is 12.8 Å². The van der Waals surface area contributed by atoms with E-state index in [9.17, 15) is 14.0 Å². The molecule has 4 nitrogen and oxygen atoms in total. The van der Waals surface area contributed by atoms with E-state index in [1.165, 1.54) is 12.1 Å². The Labute approximate surface area is 118 Å². The highest BCUT2D eigenvalue weighted by Crippen LogP contribution is 2.22. The van der Waals surface area contributed by atoms with Crippen molar-refractivity contribution in [2.45, 2.75) is 12.8 Å². The molecule has 0 bridgehead atoms. The van der Waals surface area contributed by atoms with Crippen molar-refractivity contribution in [1.29, 1.82) is 0 Å². The van der Waals surface area contributed by atoms with Gasteiger partial charge in [0.2, 0.25) is 0 Å². The van der Waals surface area contributed by atoms with E-state index < -0.39 is 5.82 Å². The van der Waals surface area contributed by atoms with Crippen molar-refractivity contribution in [2.75, 3.05) is 19.7 Å². The highest BCUT2D eigenvalue weighted by Gasteiger charge is 2.21. The molecular weight excluding hydrogens is 317 g/mol. The molecule has 0 unspecified atom stereocenters. The van der Waals surface area contributed by atoms with Gasteiger partial charge in [-0.2, -0.15) is 0 Å². The fourth-order valence-electron chi connectivity index (χ4n) is 1.82. The molecule has 1 aromatic rings. The summed E-state index contributed by atoms with van der Waals surface area (Å²) < 4.78 is 19.3. The molecule has 0 radical (unpaired) electrons. The number of carbonyl (C=O) groups is 2. The summed E-state index contributed by atoms with van der Waals surface area (Å²) in [5.74, 6) is -0.532. The number of likely N-dealkylation sites (tertiary alicyclic amines) is 1. The zero-order valence-electron chi connectivity index (χ0n) is 10.2. The molecule has 2 rings (SSSR count). The summed E-state index contributed by atoms with van der Waals surface area (Å²) in [7, 11) is 0. The lowest BCUT2D eigenvalue weighted by Crippen LogP contribution is -2.41. The van der Waals surface area contributed by atoms with E-state index >= 15 is 0 Å². The zero-order chi connectivity index (χ0) is 13.8. The smallest absolute Gasteiger partial charge is 0.260 e. The number of rotatable bonds is 3. The quantitative estimate of drug-likeness (QED) is 0.853. The number of ketones is 1. The second kappa shape index (κ2) is 6.14. The molecule has 102 valence electrons. The van der Waals surface area contributed by atoms with Crippen molar-refractivity contribution in [3.05, 3.63) is 28.5 Å². The fourth-order valence-corrected chi connectivity index (χ4v) is 2.16. The number of Topliss-reactive ketones (excluding diaryl/α,β-unsaturated/α-hetero) is 1. The normalized spacial score (nSPS) is 15.5. The van der Waals surface area contributed by atoms with Crippen LogP contribution in [0.4, 0.5) is 4.39 Å². The highest BCUT2D eigenvalue weighted by atomic mass is 79.9. The predicted octanol–water partition coefficient (Wildman–Crippen LogP) is 2.16. The Balaban J connectivity index is 1.89. The van der Waals surface area contributed by atoms with Gasteiger partial charge < -0.3 is 9.64 Å². The van der Waals surface area contributed by atoms with Crippen LogP contribution in [-0.2, 0) is 9.59 Å². The number of benzene rings is 1. The number of halogens is 2. The second-order valence-electron chi connectivity index (χ2n) is 4.28. The lowest BCUT2D eigenvalue weighted by Gasteiger charge is -2.25. The number of hydrogen-bond acceptors (Lipinski definition) is 3. The molecule has 0 saturated carbocycles. The molecule has 1 aliphatic heterocycles. The Hall–Kier alpha value is -1.43. The van der Waals surface area contributed by atoms with E-state index in [0.717, 1.165) is 0 Å². The average Bonchev–Trinajstić information content (AvgIpc) is 2.40. The maximum Gasteiger partial charge on any atom is 0.260 e. The molecule has 1 aliphatic rings. The molecule has 19 heavy (non-hydrogen) atoms. The Morgan fingerprint density at radius 3 is 2.74 bits per heavy atom. The largest absolute Gasteiger partial charge is 0.481 e. The predicted molar refractivity (Wildman–Crippen MR) is 70.4 cm³/mol. The second-order valence-corrected chi connectivity index (χ2v) is 5.20. The van der Waals surface area contributed by atoms with Gasteiger partial charge in [-0.1, -0.05) is 15.9 Å². The van der Waals surface area contributed by atoms with Gasteiger partial charge in [-0.15, -0.1) is 0 Å². The standard InChI is InChI=1S/C13H13BrFNO3/c14-9-1-2-11(15)12(7-9)19-8-13(18)16-5-3-10(17)4-6-16/h1-2,7H,3-6,8H2. The number of hydrogen-bond donors (Lipinski definition) is 0. The van der Waals surface area contributed by atoms with Crippen LogP contribution in [0, 0.1) is 5.82 Å². The van der Waals surface area contributed by atoms with Gasteiger partial charge in [0, 0.05) is 30.4 Å². The molecule has 1 aromatic carbocycles. The number of carbonyl (C=O) groups excluding carboxylic acids is 2. The minimum Gasteiger partial charge on any atom is -0.481 e. The molecule has 0 spiro atoms. The summed E-state index contributed by atoms with van der Waals surface area (Å²) in [4.78, 5) is 24.5. The first-order chi connectivity index (χ1) is 9.06. The van der Waals surface area contributed by atoms with Gasteiger partial charge in [0.15, 0.2) is 18.2 Å². The van der Waals surface area contributed by atoms with E-state index in [1.807, 2.05) is 0 Å². The summed E-state index contributed by atoms with van der Waals surface area (Å²) >= 11 is 3.21. The van der Waals surface area contributed by atoms with E-state index in [4.69, 9.17) is 4.74 Å². The van der Waals surface area contributed by atoms with Gasteiger partial charge >= 0.3 is 0 Å². The fraction of sp³-hybridized carbons (Fsp3) is 0.385. The van der Waals surface area contributed by atoms with Gasteiger partial charge in [0.05, 0.1) is 0 Å². The molecule has 0 N–H and O–H groups in total. The van der Waals surface area contributed by atoms with Crippen molar-refractivity contribution >= 4 is 27.6 Å². The highest BCUT2D eigenvalue weighted by molar-refractivity contribution is 9.10. The van der Waals surface area contributed by atoms with Gasteiger partial charge in [-0.25, -0.2) is 4.39 Å². The summed E-state index contributed by atoms with van der Waals surface area (Å²) in [6, 6.07) is 4.30. The molecule has 0 aliphatic carbocycles. The zero-order valence-corrected chi connectivity index (χ0v) is 11.8. The lowest BCUT2D eigenvalue weighted by molar-refractivity contribution is -0.136. The van der Waals surface area contributed by atoms with E-state index in [0.29, 0.717) is 30.4 Å². The molecule has 0 atom stereocenters. The first kappa shape index (κ1) is 14.0. The van der Waals surface area contributed by atoms with Crippen LogP contribution in [0.15, 0.2) is 22.7 Å². The number of amides is 1. The Morgan fingerprint density at radius 2 is 2.05 bits per heavy atom. The lowest BCUT2D eigenvalue weighted by atomic mass is 10.1. The molecule has 6 heteroatoms. The van der Waals surface area contributed by atoms with Gasteiger partial charge in [0.25, 0.3) is 5.91 Å². The molecule has 1 saturated heterocycles. The van der Waals surface area contributed by atoms with Gasteiger partial charge in [-0.3, -0.25) is 9.59 Å². The summed E-state index contributed by atoms with van der Waals surface area (Å²) in [6.07, 6.45) is 0.772. The maximum absolute atomic E-state index is 13.4. The van der Waals surface area contributed by atoms with E-state index in [2.05, 4.69) is 15.9 Å². The van der Waals surface area contributed by atoms with Crippen molar-refractivity contribution in [3.8, 4) is 5.75 Å². The van der Waals surface area contributed by atoms with E-state index in [1.54, 1.807) is 11.0 Å². The molecule has 1 heterocycles. The minimum absolute atomic E-state index is 0.0378. The molecule has 0 aromatic heterocycles. The first-order valence-electron chi connectivity index (χ1n) is 5.93.